The number of rotatable bonds is 3. The van der Waals surface area contributed by atoms with E-state index >= 15 is 0 Å². The molecule has 2 rings (SSSR count). The van der Waals surface area contributed by atoms with Gasteiger partial charge in [-0.15, -0.1) is 11.6 Å². The molecule has 0 radical (unpaired) electrons. The van der Waals surface area contributed by atoms with E-state index < -0.39 is 11.6 Å². The first-order valence-corrected chi connectivity index (χ1v) is 6.05. The molecule has 0 atom stereocenters. The topological polar surface area (TPSA) is 25.8 Å². The first-order chi connectivity index (χ1) is 8.65. The van der Waals surface area contributed by atoms with Crippen molar-refractivity contribution in [3.05, 3.63) is 47.3 Å². The second kappa shape index (κ2) is 5.40. The van der Waals surface area contributed by atoms with Gasteiger partial charge in [0, 0.05) is 23.0 Å². The van der Waals surface area contributed by atoms with E-state index in [0.29, 0.717) is 23.7 Å². The van der Waals surface area contributed by atoms with Gasteiger partial charge in [-0.05, 0) is 24.6 Å². The first-order valence-electron chi connectivity index (χ1n) is 5.52. The number of hydrogen-bond donors (Lipinski definition) is 0. The molecular formula is C13H11ClF2N2. The van der Waals surface area contributed by atoms with Gasteiger partial charge in [0.05, 0.1) is 5.88 Å². The minimum absolute atomic E-state index is 0.335. The molecule has 0 N–H and O–H groups in total. The molecular weight excluding hydrogens is 258 g/mol. The molecule has 5 heteroatoms. The number of alkyl halides is 1. The molecule has 1 heterocycles. The molecule has 0 saturated carbocycles. The summed E-state index contributed by atoms with van der Waals surface area (Å²) in [5, 5.41) is 0. The van der Waals surface area contributed by atoms with Gasteiger partial charge in [-0.1, -0.05) is 6.92 Å². The van der Waals surface area contributed by atoms with Crippen molar-refractivity contribution in [3.8, 4) is 11.4 Å². The van der Waals surface area contributed by atoms with Crippen LogP contribution >= 0.6 is 11.6 Å². The molecule has 0 aliphatic heterocycles. The van der Waals surface area contributed by atoms with Gasteiger partial charge in [0.25, 0.3) is 0 Å². The van der Waals surface area contributed by atoms with Gasteiger partial charge in [0.2, 0.25) is 0 Å². The van der Waals surface area contributed by atoms with Crippen LogP contribution in [-0.2, 0) is 12.3 Å². The Morgan fingerprint density at radius 1 is 1.22 bits per heavy atom. The summed E-state index contributed by atoms with van der Waals surface area (Å²) in [6.07, 6.45) is 2.33. The van der Waals surface area contributed by atoms with Crippen molar-refractivity contribution in [1.29, 1.82) is 0 Å². The monoisotopic (exact) mass is 268 g/mol. The summed E-state index contributed by atoms with van der Waals surface area (Å²) in [5.74, 6) is -1.08. The van der Waals surface area contributed by atoms with E-state index in [1.165, 1.54) is 6.07 Å². The first kappa shape index (κ1) is 12.9. The van der Waals surface area contributed by atoms with E-state index in [2.05, 4.69) is 9.97 Å². The highest BCUT2D eigenvalue weighted by Gasteiger charge is 2.09. The largest absolute Gasteiger partial charge is 0.236 e. The van der Waals surface area contributed by atoms with Gasteiger partial charge < -0.3 is 0 Å². The van der Waals surface area contributed by atoms with E-state index in [1.807, 2.05) is 6.92 Å². The second-order valence-corrected chi connectivity index (χ2v) is 4.05. The van der Waals surface area contributed by atoms with Crippen LogP contribution in [0.2, 0.25) is 0 Å². The number of aromatic nitrogens is 2. The van der Waals surface area contributed by atoms with Crippen molar-refractivity contribution in [2.75, 3.05) is 0 Å². The van der Waals surface area contributed by atoms with Crippen LogP contribution in [0, 0.1) is 11.6 Å². The fraction of sp³-hybridized carbons (Fsp3) is 0.231. The zero-order valence-corrected chi connectivity index (χ0v) is 10.5. The molecule has 94 valence electrons. The van der Waals surface area contributed by atoms with Crippen molar-refractivity contribution in [3.63, 3.8) is 0 Å². The van der Waals surface area contributed by atoms with Crippen molar-refractivity contribution in [2.45, 2.75) is 19.2 Å². The van der Waals surface area contributed by atoms with Gasteiger partial charge in [-0.3, -0.25) is 0 Å². The van der Waals surface area contributed by atoms with Crippen molar-refractivity contribution < 1.29 is 8.78 Å². The van der Waals surface area contributed by atoms with Crippen LogP contribution in [0.25, 0.3) is 11.4 Å². The second-order valence-electron chi connectivity index (χ2n) is 3.78. The molecule has 0 aliphatic carbocycles. The summed E-state index contributed by atoms with van der Waals surface area (Å²) < 4.78 is 26.0. The molecule has 0 unspecified atom stereocenters. The predicted octanol–water partition coefficient (Wildman–Crippen LogP) is 3.72. The Labute approximate surface area is 109 Å². The lowest BCUT2D eigenvalue weighted by molar-refractivity contribution is 0.509. The lowest BCUT2D eigenvalue weighted by atomic mass is 10.1. The maximum Gasteiger partial charge on any atom is 0.159 e. The standard InChI is InChI=1S/C13H11ClF2N2/c1-2-12-9(6-14)7-17-13(18-12)8-3-4-10(15)11(16)5-8/h3-5,7H,2,6H2,1H3. The maximum atomic E-state index is 13.1. The summed E-state index contributed by atoms with van der Waals surface area (Å²) in [6.45, 7) is 1.95. The fourth-order valence-electron chi connectivity index (χ4n) is 1.63. The van der Waals surface area contributed by atoms with Crippen molar-refractivity contribution in [2.24, 2.45) is 0 Å². The Hall–Kier alpha value is -1.55. The van der Waals surface area contributed by atoms with E-state index in [-0.39, 0.29) is 0 Å². The summed E-state index contributed by atoms with van der Waals surface area (Å²) in [6, 6.07) is 3.60. The summed E-state index contributed by atoms with van der Waals surface area (Å²) in [5.41, 5.74) is 2.12. The van der Waals surface area contributed by atoms with Crippen molar-refractivity contribution in [1.82, 2.24) is 9.97 Å². The van der Waals surface area contributed by atoms with Crippen LogP contribution in [-0.4, -0.2) is 9.97 Å². The van der Waals surface area contributed by atoms with E-state index in [9.17, 15) is 8.78 Å². The highest BCUT2D eigenvalue weighted by atomic mass is 35.5. The van der Waals surface area contributed by atoms with Gasteiger partial charge in [0.15, 0.2) is 17.5 Å². The number of aryl methyl sites for hydroxylation is 1. The van der Waals surface area contributed by atoms with E-state index in [1.54, 1.807) is 6.20 Å². The molecule has 0 fully saturated rings. The maximum absolute atomic E-state index is 13.1. The molecule has 0 aliphatic rings. The molecule has 0 bridgehead atoms. The molecule has 0 saturated heterocycles. The molecule has 1 aromatic carbocycles. The van der Waals surface area contributed by atoms with Gasteiger partial charge >= 0.3 is 0 Å². The summed E-state index contributed by atoms with van der Waals surface area (Å²) in [4.78, 5) is 8.43. The zero-order chi connectivity index (χ0) is 13.1. The number of hydrogen-bond acceptors (Lipinski definition) is 2. The van der Waals surface area contributed by atoms with E-state index in [4.69, 9.17) is 11.6 Å². The summed E-state index contributed by atoms with van der Waals surface area (Å²) >= 11 is 5.77. The van der Waals surface area contributed by atoms with E-state index in [0.717, 1.165) is 23.4 Å². The third-order valence-electron chi connectivity index (χ3n) is 2.61. The molecule has 2 aromatic rings. The lowest BCUT2D eigenvalue weighted by Gasteiger charge is -2.06. The van der Waals surface area contributed by atoms with Crippen molar-refractivity contribution >= 4 is 11.6 Å². The minimum Gasteiger partial charge on any atom is -0.236 e. The van der Waals surface area contributed by atoms with Crippen LogP contribution in [0.15, 0.2) is 24.4 Å². The average molecular weight is 269 g/mol. The number of benzene rings is 1. The zero-order valence-electron chi connectivity index (χ0n) is 9.75. The van der Waals surface area contributed by atoms with Gasteiger partial charge in [-0.25, -0.2) is 18.7 Å². The van der Waals surface area contributed by atoms with Crippen LogP contribution in [0.1, 0.15) is 18.2 Å². The van der Waals surface area contributed by atoms with Gasteiger partial charge in [0.1, 0.15) is 0 Å². The molecule has 1 aromatic heterocycles. The van der Waals surface area contributed by atoms with Gasteiger partial charge in [-0.2, -0.15) is 0 Å². The third kappa shape index (κ3) is 2.48. The Morgan fingerprint density at radius 3 is 2.61 bits per heavy atom. The average Bonchev–Trinajstić information content (AvgIpc) is 2.41. The highest BCUT2D eigenvalue weighted by Crippen LogP contribution is 2.20. The Bertz CT molecular complexity index is 573. The molecule has 0 spiro atoms. The predicted molar refractivity (Wildman–Crippen MR) is 66.3 cm³/mol. The third-order valence-corrected chi connectivity index (χ3v) is 2.90. The highest BCUT2D eigenvalue weighted by molar-refractivity contribution is 6.17. The fourth-order valence-corrected chi connectivity index (χ4v) is 1.86. The summed E-state index contributed by atoms with van der Waals surface area (Å²) in [7, 11) is 0. The number of nitrogens with zero attached hydrogens (tertiary/aromatic N) is 2. The quantitative estimate of drug-likeness (QED) is 0.793. The Balaban J connectivity index is 2.47. The smallest absolute Gasteiger partial charge is 0.159 e. The minimum atomic E-state index is -0.907. The molecule has 0 amide bonds. The van der Waals surface area contributed by atoms with Crippen LogP contribution in [0.5, 0.6) is 0 Å². The molecule has 18 heavy (non-hydrogen) atoms. The van der Waals surface area contributed by atoms with Crippen LogP contribution in [0.3, 0.4) is 0 Å². The normalized spacial score (nSPS) is 10.7. The van der Waals surface area contributed by atoms with Crippen LogP contribution < -0.4 is 0 Å². The van der Waals surface area contributed by atoms with Crippen LogP contribution in [0.4, 0.5) is 8.78 Å². The Kier molecular flexibility index (Phi) is 3.87. The SMILES string of the molecule is CCc1nc(-c2ccc(F)c(F)c2)ncc1CCl. The Morgan fingerprint density at radius 2 is 2.00 bits per heavy atom. The molecule has 2 nitrogen and oxygen atoms in total. The number of halogens is 3. The lowest BCUT2D eigenvalue weighted by Crippen LogP contribution is -2.00.